The van der Waals surface area contributed by atoms with E-state index in [-0.39, 0.29) is 0 Å². The van der Waals surface area contributed by atoms with E-state index in [4.69, 9.17) is 0 Å². The maximum atomic E-state index is 10.8. The van der Waals surface area contributed by atoms with Gasteiger partial charge in [-0.1, -0.05) is 0 Å². The van der Waals surface area contributed by atoms with E-state index in [1.165, 1.54) is 0 Å². The molecule has 43 valence electrons. The molecule has 0 spiro atoms. The molecular weight excluding hydrogens is 112 g/mol. The molecule has 0 unspecified atom stereocenters. The van der Waals surface area contributed by atoms with Crippen molar-refractivity contribution in [1.82, 2.24) is 0 Å². The maximum Gasteiger partial charge on any atom is 0.392 e. The summed E-state index contributed by atoms with van der Waals surface area (Å²) in [6, 6.07) is 0. The summed E-state index contributed by atoms with van der Waals surface area (Å²) >= 11 is 0. The third kappa shape index (κ3) is 5.72. The van der Waals surface area contributed by atoms with E-state index in [0.717, 1.165) is 0 Å². The lowest BCUT2D eigenvalue weighted by Crippen LogP contribution is -2.04. The molecule has 0 nitrogen and oxygen atoms in total. The first-order chi connectivity index (χ1) is 3.06. The Hall–Kier alpha value is -0.280. The summed E-state index contributed by atoms with van der Waals surface area (Å²) in [5.74, 6) is 0. The Balaban J connectivity index is 3.15. The average Bonchev–Trinajstić information content (AvgIpc) is 1.30. The van der Waals surface area contributed by atoms with Crippen LogP contribution in [0.25, 0.3) is 0 Å². The molecule has 0 aliphatic rings. The number of rotatable bonds is 1. The Morgan fingerprint density at radius 1 is 1.29 bits per heavy atom. The van der Waals surface area contributed by atoms with Crippen LogP contribution in [0.2, 0.25) is 0 Å². The Bertz CT molecular complexity index is 45.4. The van der Waals surface area contributed by atoms with Crippen LogP contribution in [0.3, 0.4) is 0 Å². The van der Waals surface area contributed by atoms with Gasteiger partial charge in [-0.05, 0) is 0 Å². The summed E-state index contributed by atoms with van der Waals surface area (Å²) in [6.07, 6.45) is -5.83. The van der Waals surface area contributed by atoms with Crippen LogP contribution in [0.4, 0.5) is 17.6 Å². The Labute approximate surface area is 38.1 Å². The van der Waals surface area contributed by atoms with Gasteiger partial charge in [0, 0.05) is 0 Å². The number of halogens is 4. The van der Waals surface area contributed by atoms with Crippen LogP contribution >= 0.6 is 0 Å². The van der Waals surface area contributed by atoms with Crippen molar-refractivity contribution in [3.8, 4) is 0 Å². The second-order valence-corrected chi connectivity index (χ2v) is 0.974. The van der Waals surface area contributed by atoms with E-state index < -0.39 is 19.3 Å². The van der Waals surface area contributed by atoms with Gasteiger partial charge in [-0.3, -0.25) is 0 Å². The third-order valence-electron chi connectivity index (χ3n) is 0.309. The molecule has 0 aromatic heterocycles. The lowest BCUT2D eigenvalue weighted by molar-refractivity contribution is -0.131. The standard InChI is InChI=1S/C3H3F4/c4-2-1-3(5,6)7/h2H,1H2. The highest BCUT2D eigenvalue weighted by atomic mass is 19.4. The van der Waals surface area contributed by atoms with Gasteiger partial charge in [-0.2, -0.15) is 13.2 Å². The zero-order valence-electron chi connectivity index (χ0n) is 3.30. The Kier molecular flexibility index (Phi) is 2.05. The van der Waals surface area contributed by atoms with Crippen LogP contribution in [-0.4, -0.2) is 6.18 Å². The van der Waals surface area contributed by atoms with Crippen molar-refractivity contribution in [2.75, 3.05) is 0 Å². The van der Waals surface area contributed by atoms with Gasteiger partial charge in [0.15, 0.2) is 0 Å². The van der Waals surface area contributed by atoms with Crippen molar-refractivity contribution in [2.24, 2.45) is 0 Å². The summed E-state index contributed by atoms with van der Waals surface area (Å²) in [6.45, 7) is -0.417. The molecule has 4 heteroatoms. The molecule has 0 fully saturated rings. The number of hydrogen-bond acceptors (Lipinski definition) is 0. The molecule has 0 aromatic rings. The van der Waals surface area contributed by atoms with Gasteiger partial charge in [-0.25, -0.2) is 4.39 Å². The lowest BCUT2D eigenvalue weighted by Gasteiger charge is -1.98. The van der Waals surface area contributed by atoms with Crippen LogP contribution in [0.5, 0.6) is 0 Å². The van der Waals surface area contributed by atoms with E-state index >= 15 is 0 Å². The number of alkyl halides is 3. The maximum absolute atomic E-state index is 10.8. The minimum absolute atomic E-state index is 0.417. The van der Waals surface area contributed by atoms with E-state index in [0.29, 0.717) is 0 Å². The molecule has 0 aromatic carbocycles. The zero-order valence-corrected chi connectivity index (χ0v) is 3.30. The Morgan fingerprint density at radius 2 is 1.71 bits per heavy atom. The molecule has 0 aliphatic carbocycles. The van der Waals surface area contributed by atoms with Crippen molar-refractivity contribution in [2.45, 2.75) is 12.6 Å². The second-order valence-electron chi connectivity index (χ2n) is 0.974. The molecule has 0 saturated carbocycles. The lowest BCUT2D eigenvalue weighted by atomic mass is 10.5. The highest BCUT2D eigenvalue weighted by Crippen LogP contribution is 2.20. The molecule has 0 saturated heterocycles. The Morgan fingerprint density at radius 3 is 1.71 bits per heavy atom. The normalized spacial score (nSPS) is 12.0. The van der Waals surface area contributed by atoms with Crippen molar-refractivity contribution < 1.29 is 17.6 Å². The first-order valence-corrected chi connectivity index (χ1v) is 1.55. The molecule has 0 aliphatic heterocycles. The zero-order chi connectivity index (χ0) is 5.91. The van der Waals surface area contributed by atoms with E-state index in [2.05, 4.69) is 0 Å². The summed E-state index contributed by atoms with van der Waals surface area (Å²) in [5.41, 5.74) is 0. The molecular formula is C3H3F4. The molecule has 1 radical (unpaired) electrons. The van der Waals surface area contributed by atoms with Gasteiger partial charge in [0.2, 0.25) is 0 Å². The molecule has 0 N–H and O–H groups in total. The molecule has 0 rings (SSSR count). The largest absolute Gasteiger partial charge is 0.392 e. The van der Waals surface area contributed by atoms with Crippen LogP contribution in [0.1, 0.15) is 6.42 Å². The van der Waals surface area contributed by atoms with Crippen LogP contribution < -0.4 is 0 Å². The van der Waals surface area contributed by atoms with E-state index in [1.54, 1.807) is 0 Å². The summed E-state index contributed by atoms with van der Waals surface area (Å²) in [7, 11) is 0. The van der Waals surface area contributed by atoms with Gasteiger partial charge in [0.1, 0.15) is 6.67 Å². The molecule has 0 bridgehead atoms. The van der Waals surface area contributed by atoms with Crippen LogP contribution in [-0.2, 0) is 0 Å². The van der Waals surface area contributed by atoms with Crippen molar-refractivity contribution >= 4 is 0 Å². The van der Waals surface area contributed by atoms with Crippen LogP contribution in [0.15, 0.2) is 0 Å². The topological polar surface area (TPSA) is 0 Å². The molecule has 0 atom stereocenters. The SMILES string of the molecule is F[CH]CC(F)(F)F. The second kappa shape index (κ2) is 2.14. The minimum Gasteiger partial charge on any atom is -0.244 e. The molecule has 0 amide bonds. The predicted molar refractivity (Wildman–Crippen MR) is 16.1 cm³/mol. The smallest absolute Gasteiger partial charge is 0.244 e. The summed E-state index contributed by atoms with van der Waals surface area (Å²) < 4.78 is 43.0. The highest BCUT2D eigenvalue weighted by molar-refractivity contribution is 4.55. The highest BCUT2D eigenvalue weighted by Gasteiger charge is 2.26. The third-order valence-corrected chi connectivity index (χ3v) is 0.309. The fourth-order valence-electron chi connectivity index (χ4n) is 0.0875. The van der Waals surface area contributed by atoms with Crippen molar-refractivity contribution in [3.63, 3.8) is 0 Å². The summed E-state index contributed by atoms with van der Waals surface area (Å²) in [4.78, 5) is 0. The first kappa shape index (κ1) is 6.72. The minimum atomic E-state index is -4.38. The van der Waals surface area contributed by atoms with Gasteiger partial charge in [0.25, 0.3) is 0 Å². The van der Waals surface area contributed by atoms with Gasteiger partial charge >= 0.3 is 6.18 Å². The molecule has 7 heavy (non-hydrogen) atoms. The van der Waals surface area contributed by atoms with Crippen LogP contribution in [0, 0.1) is 6.67 Å². The van der Waals surface area contributed by atoms with Gasteiger partial charge in [-0.15, -0.1) is 0 Å². The number of hydrogen-bond donors (Lipinski definition) is 0. The van der Waals surface area contributed by atoms with Crippen molar-refractivity contribution in [3.05, 3.63) is 6.67 Å². The van der Waals surface area contributed by atoms with E-state index in [1.807, 2.05) is 0 Å². The predicted octanol–water partition coefficient (Wildman–Crippen LogP) is 2.07. The fraction of sp³-hybridized carbons (Fsp3) is 0.667. The molecule has 0 heterocycles. The van der Waals surface area contributed by atoms with Crippen molar-refractivity contribution in [1.29, 1.82) is 0 Å². The summed E-state index contributed by atoms with van der Waals surface area (Å²) in [5, 5.41) is 0. The quantitative estimate of drug-likeness (QED) is 0.459. The monoisotopic (exact) mass is 115 g/mol. The van der Waals surface area contributed by atoms with Gasteiger partial charge < -0.3 is 0 Å². The van der Waals surface area contributed by atoms with Gasteiger partial charge in [0.05, 0.1) is 6.42 Å². The van der Waals surface area contributed by atoms with E-state index in [9.17, 15) is 17.6 Å². The fourth-order valence-corrected chi connectivity index (χ4v) is 0.0875. The first-order valence-electron chi connectivity index (χ1n) is 1.55. The average molecular weight is 115 g/mol.